The van der Waals surface area contributed by atoms with Crippen LogP contribution in [0.5, 0.6) is 0 Å². The van der Waals surface area contributed by atoms with E-state index in [0.717, 1.165) is 0 Å². The highest BCUT2D eigenvalue weighted by Gasteiger charge is 2.24. The Bertz CT molecular complexity index is 1280. The minimum atomic E-state index is -3.75. The molecule has 0 unspecified atom stereocenters. The van der Waals surface area contributed by atoms with Gasteiger partial charge in [-0.25, -0.2) is 18.5 Å². The molecule has 0 atom stereocenters. The molecule has 7 nitrogen and oxygen atoms in total. The number of sulfonamides is 1. The summed E-state index contributed by atoms with van der Waals surface area (Å²) in [5.74, 6) is 0.732. The zero-order valence-corrected chi connectivity index (χ0v) is 17.6. The Kier molecular flexibility index (Phi) is 5.52. The molecule has 1 fully saturated rings. The van der Waals surface area contributed by atoms with Crippen molar-refractivity contribution in [2.45, 2.75) is 4.90 Å². The number of carbonyl (C=O) groups excluding carboxylic acids is 1. The Hall–Kier alpha value is -2.85. The van der Waals surface area contributed by atoms with Gasteiger partial charge in [0.25, 0.3) is 5.91 Å². The topological polar surface area (TPSA) is 115 Å². The highest BCUT2D eigenvalue weighted by atomic mass is 35.5. The minimum absolute atomic E-state index is 0.0201. The Labute approximate surface area is 181 Å². The fraction of sp³-hybridized carbons (Fsp3) is 0. The predicted molar refractivity (Wildman–Crippen MR) is 118 cm³/mol. The van der Waals surface area contributed by atoms with Gasteiger partial charge in [0.1, 0.15) is 11.5 Å². The molecule has 3 N–H and O–H groups in total. The van der Waals surface area contributed by atoms with Crippen molar-refractivity contribution in [1.82, 2.24) is 5.32 Å². The molecule has 152 valence electrons. The summed E-state index contributed by atoms with van der Waals surface area (Å²) in [4.78, 5) is 17.1. The van der Waals surface area contributed by atoms with Crippen molar-refractivity contribution in [1.29, 1.82) is 0 Å². The molecule has 4 rings (SSSR count). The number of aliphatic imine (C=N–C) groups is 1. The lowest BCUT2D eigenvalue weighted by molar-refractivity contribution is -0.115. The van der Waals surface area contributed by atoms with Crippen LogP contribution in [0, 0.1) is 0 Å². The number of nitrogens with one attached hydrogen (secondary N) is 1. The third kappa shape index (κ3) is 4.65. The van der Waals surface area contributed by atoms with Gasteiger partial charge in [0.2, 0.25) is 10.0 Å². The number of amides is 1. The van der Waals surface area contributed by atoms with E-state index in [-0.39, 0.29) is 10.8 Å². The first kappa shape index (κ1) is 20.4. The number of halogens is 1. The number of benzene rings is 2. The van der Waals surface area contributed by atoms with E-state index in [4.69, 9.17) is 21.2 Å². The molecular weight excluding hydrogens is 446 g/mol. The summed E-state index contributed by atoms with van der Waals surface area (Å²) < 4.78 is 28.5. The van der Waals surface area contributed by atoms with Crippen LogP contribution in [0.25, 0.3) is 17.4 Å². The van der Waals surface area contributed by atoms with Crippen LogP contribution in [0.3, 0.4) is 0 Å². The van der Waals surface area contributed by atoms with Gasteiger partial charge in [-0.2, -0.15) is 0 Å². The van der Waals surface area contributed by atoms with Gasteiger partial charge < -0.3 is 9.73 Å². The maximum absolute atomic E-state index is 12.2. The van der Waals surface area contributed by atoms with Crippen LogP contribution < -0.4 is 10.5 Å². The van der Waals surface area contributed by atoms with Crippen LogP contribution in [0.15, 0.2) is 79.9 Å². The molecule has 3 aromatic rings. The van der Waals surface area contributed by atoms with Gasteiger partial charge in [-0.3, -0.25) is 4.79 Å². The Morgan fingerprint density at radius 2 is 1.73 bits per heavy atom. The summed E-state index contributed by atoms with van der Waals surface area (Å²) in [7, 11) is -3.75. The SMILES string of the molecule is NS(=O)(=O)c1ccc(-c2ccc(/C=C3\SC(=Nc4ccc(Cl)cc4)NC3=O)o2)cc1. The van der Waals surface area contributed by atoms with Crippen molar-refractivity contribution in [3.05, 3.63) is 76.4 Å². The molecule has 1 aliphatic heterocycles. The summed E-state index contributed by atoms with van der Waals surface area (Å²) in [5.41, 5.74) is 1.35. The number of amidine groups is 1. The summed E-state index contributed by atoms with van der Waals surface area (Å²) in [6.45, 7) is 0. The van der Waals surface area contributed by atoms with E-state index in [0.29, 0.717) is 37.9 Å². The molecule has 1 amide bonds. The average Bonchev–Trinajstić information content (AvgIpc) is 3.30. The van der Waals surface area contributed by atoms with Gasteiger partial charge in [0.05, 0.1) is 15.5 Å². The van der Waals surface area contributed by atoms with Crippen molar-refractivity contribution < 1.29 is 17.6 Å². The maximum atomic E-state index is 12.2. The second kappa shape index (κ2) is 8.11. The number of rotatable bonds is 4. The van der Waals surface area contributed by atoms with Gasteiger partial charge in [-0.15, -0.1) is 0 Å². The molecule has 0 bridgehead atoms. The van der Waals surface area contributed by atoms with Crippen molar-refractivity contribution >= 4 is 56.2 Å². The third-order valence-electron chi connectivity index (χ3n) is 4.08. The highest BCUT2D eigenvalue weighted by molar-refractivity contribution is 8.18. The number of carbonyl (C=O) groups is 1. The van der Waals surface area contributed by atoms with Crippen LogP contribution in [0.4, 0.5) is 5.69 Å². The monoisotopic (exact) mass is 459 g/mol. The lowest BCUT2D eigenvalue weighted by atomic mass is 10.2. The predicted octanol–water partition coefficient (Wildman–Crippen LogP) is 4.14. The van der Waals surface area contributed by atoms with Crippen LogP contribution in [-0.2, 0) is 14.8 Å². The molecule has 30 heavy (non-hydrogen) atoms. The highest BCUT2D eigenvalue weighted by Crippen LogP contribution is 2.30. The standard InChI is InChI=1S/C20H14ClN3O4S2/c21-13-3-5-14(6-4-13)23-20-24-19(25)18(29-20)11-15-7-10-17(28-15)12-1-8-16(9-2-12)30(22,26)27/h1-11H,(H2,22,26,27)(H,23,24,25)/b18-11-. The van der Waals surface area contributed by atoms with Crippen LogP contribution in [0.1, 0.15) is 5.76 Å². The number of furan rings is 1. The second-order valence-corrected chi connectivity index (χ2v) is 9.26. The van der Waals surface area contributed by atoms with Gasteiger partial charge in [0.15, 0.2) is 5.17 Å². The molecular formula is C20H14ClN3O4S2. The number of nitrogens with two attached hydrogens (primary N) is 1. The Balaban J connectivity index is 1.52. The zero-order chi connectivity index (χ0) is 21.3. The van der Waals surface area contributed by atoms with Gasteiger partial charge in [-0.1, -0.05) is 11.6 Å². The Morgan fingerprint density at radius 3 is 2.40 bits per heavy atom. The van der Waals surface area contributed by atoms with Crippen molar-refractivity contribution in [3.8, 4) is 11.3 Å². The number of hydrogen-bond acceptors (Lipinski definition) is 6. The molecule has 1 saturated heterocycles. The molecule has 1 aromatic heterocycles. The molecule has 0 saturated carbocycles. The molecule has 2 heterocycles. The van der Waals surface area contributed by atoms with E-state index in [9.17, 15) is 13.2 Å². The van der Waals surface area contributed by atoms with Gasteiger partial charge in [-0.05, 0) is 72.4 Å². The van der Waals surface area contributed by atoms with E-state index in [2.05, 4.69) is 10.3 Å². The molecule has 0 radical (unpaired) electrons. The second-order valence-electron chi connectivity index (χ2n) is 6.23. The van der Waals surface area contributed by atoms with Crippen molar-refractivity contribution in [3.63, 3.8) is 0 Å². The zero-order valence-electron chi connectivity index (χ0n) is 15.2. The lowest BCUT2D eigenvalue weighted by Gasteiger charge is -2.00. The largest absolute Gasteiger partial charge is 0.457 e. The molecule has 0 spiro atoms. The van der Waals surface area contributed by atoms with Crippen molar-refractivity contribution in [2.24, 2.45) is 10.1 Å². The average molecular weight is 460 g/mol. The molecule has 0 aliphatic carbocycles. The number of primary sulfonamides is 1. The van der Waals surface area contributed by atoms with E-state index in [1.165, 1.54) is 23.9 Å². The van der Waals surface area contributed by atoms with Crippen LogP contribution in [0.2, 0.25) is 5.02 Å². The quantitative estimate of drug-likeness (QED) is 0.569. The van der Waals surface area contributed by atoms with E-state index < -0.39 is 10.0 Å². The summed E-state index contributed by atoms with van der Waals surface area (Å²) in [5, 5.41) is 8.88. The molecule has 2 aromatic carbocycles. The number of nitrogens with zero attached hydrogens (tertiary/aromatic N) is 1. The summed E-state index contributed by atoms with van der Waals surface area (Å²) in [6.07, 6.45) is 1.62. The van der Waals surface area contributed by atoms with Gasteiger partial charge in [0, 0.05) is 16.7 Å². The number of hydrogen-bond donors (Lipinski definition) is 2. The minimum Gasteiger partial charge on any atom is -0.457 e. The fourth-order valence-corrected chi connectivity index (χ4v) is 4.10. The number of thioether (sulfide) groups is 1. The first-order valence-electron chi connectivity index (χ1n) is 8.56. The first-order chi connectivity index (χ1) is 14.3. The summed E-state index contributed by atoms with van der Waals surface area (Å²) in [6, 6.07) is 16.4. The van der Waals surface area contributed by atoms with E-state index >= 15 is 0 Å². The van der Waals surface area contributed by atoms with Crippen LogP contribution >= 0.6 is 23.4 Å². The fourth-order valence-electron chi connectivity index (χ4n) is 2.64. The maximum Gasteiger partial charge on any atom is 0.264 e. The third-order valence-corrected chi connectivity index (χ3v) is 6.17. The lowest BCUT2D eigenvalue weighted by Crippen LogP contribution is -2.19. The smallest absolute Gasteiger partial charge is 0.264 e. The van der Waals surface area contributed by atoms with Gasteiger partial charge >= 0.3 is 0 Å². The Morgan fingerprint density at radius 1 is 1.03 bits per heavy atom. The first-order valence-corrected chi connectivity index (χ1v) is 11.3. The molecule has 1 aliphatic rings. The van der Waals surface area contributed by atoms with Crippen molar-refractivity contribution in [2.75, 3.05) is 0 Å². The van der Waals surface area contributed by atoms with Crippen LogP contribution in [-0.4, -0.2) is 19.5 Å². The normalized spacial score (nSPS) is 16.9. The van der Waals surface area contributed by atoms with E-state index in [1.807, 2.05) is 0 Å². The summed E-state index contributed by atoms with van der Waals surface area (Å²) >= 11 is 7.06. The van der Waals surface area contributed by atoms with E-state index in [1.54, 1.807) is 54.6 Å². The molecule has 10 heteroatoms.